The molecular weight excluding hydrogens is 208 g/mol. The molecule has 1 aromatic carbocycles. The highest BCUT2D eigenvalue weighted by Gasteiger charge is 2.09. The van der Waals surface area contributed by atoms with Crippen molar-refractivity contribution in [2.24, 2.45) is 5.73 Å². The number of benzene rings is 1. The molecule has 0 fully saturated rings. The van der Waals surface area contributed by atoms with Crippen molar-refractivity contribution in [3.63, 3.8) is 0 Å². The highest BCUT2D eigenvalue weighted by Crippen LogP contribution is 2.23. The first-order chi connectivity index (χ1) is 8.33. The number of fused-ring (bicyclic) bond motifs is 1. The Hall–Kier alpha value is -1.85. The Bertz CT molecular complexity index is 558. The number of para-hydroxylation sites is 1. The Kier molecular flexibility index (Phi) is 3.74. The number of pyridine rings is 1. The lowest BCUT2D eigenvalue weighted by Gasteiger charge is -2.12. The average Bonchev–Trinajstić information content (AvgIpc) is 2.38. The minimum atomic E-state index is 0.0312. The van der Waals surface area contributed by atoms with Crippen molar-refractivity contribution in [3.8, 4) is 11.8 Å². The summed E-state index contributed by atoms with van der Waals surface area (Å²) in [5.74, 6) is 5.95. The van der Waals surface area contributed by atoms with Gasteiger partial charge in [-0.2, -0.15) is 0 Å². The van der Waals surface area contributed by atoms with Crippen molar-refractivity contribution in [1.29, 1.82) is 0 Å². The van der Waals surface area contributed by atoms with Crippen LogP contribution in [0.1, 0.15) is 31.4 Å². The van der Waals surface area contributed by atoms with E-state index >= 15 is 0 Å². The molecule has 0 saturated carbocycles. The van der Waals surface area contributed by atoms with E-state index in [4.69, 9.17) is 5.73 Å². The van der Waals surface area contributed by atoms with Crippen LogP contribution in [-0.2, 0) is 0 Å². The van der Waals surface area contributed by atoms with Crippen molar-refractivity contribution in [2.75, 3.05) is 0 Å². The van der Waals surface area contributed by atoms with E-state index in [0.29, 0.717) is 0 Å². The fourth-order valence-corrected chi connectivity index (χ4v) is 1.95. The van der Waals surface area contributed by atoms with Gasteiger partial charge in [-0.05, 0) is 31.0 Å². The zero-order valence-electron chi connectivity index (χ0n) is 9.98. The number of nitrogens with zero attached hydrogens (tertiary/aromatic N) is 1. The largest absolute Gasteiger partial charge is 0.324 e. The first-order valence-electron chi connectivity index (χ1n) is 5.81. The first-order valence-corrected chi connectivity index (χ1v) is 5.81. The number of nitrogens with two attached hydrogens (primary N) is 1. The lowest BCUT2D eigenvalue weighted by atomic mass is 9.99. The molecule has 1 unspecified atom stereocenters. The van der Waals surface area contributed by atoms with E-state index in [1.165, 1.54) is 0 Å². The second-order valence-electron chi connectivity index (χ2n) is 3.99. The summed E-state index contributed by atoms with van der Waals surface area (Å²) >= 11 is 0. The van der Waals surface area contributed by atoms with Crippen LogP contribution in [0.15, 0.2) is 36.5 Å². The van der Waals surface area contributed by atoms with Gasteiger partial charge in [0.2, 0.25) is 0 Å². The molecule has 0 radical (unpaired) electrons. The van der Waals surface area contributed by atoms with Gasteiger partial charge in [-0.25, -0.2) is 0 Å². The molecule has 0 aliphatic heterocycles. The summed E-state index contributed by atoms with van der Waals surface area (Å²) in [5.41, 5.74) is 8.37. The second-order valence-corrected chi connectivity index (χ2v) is 3.99. The van der Waals surface area contributed by atoms with Crippen LogP contribution in [0.5, 0.6) is 0 Å². The van der Waals surface area contributed by atoms with Gasteiger partial charge in [-0.1, -0.05) is 18.2 Å². The van der Waals surface area contributed by atoms with Gasteiger partial charge in [-0.15, -0.1) is 11.8 Å². The maximum absolute atomic E-state index is 6.21. The summed E-state index contributed by atoms with van der Waals surface area (Å²) in [6.07, 6.45) is 3.55. The number of hydrogen-bond acceptors (Lipinski definition) is 2. The number of aromatic nitrogens is 1. The molecule has 0 bridgehead atoms. The molecule has 2 aromatic rings. The van der Waals surface area contributed by atoms with Crippen LogP contribution in [0.2, 0.25) is 0 Å². The van der Waals surface area contributed by atoms with Gasteiger partial charge < -0.3 is 5.73 Å². The van der Waals surface area contributed by atoms with Gasteiger partial charge in [0.15, 0.2) is 0 Å². The van der Waals surface area contributed by atoms with E-state index < -0.39 is 0 Å². The normalized spacial score (nSPS) is 11.9. The van der Waals surface area contributed by atoms with E-state index in [-0.39, 0.29) is 6.04 Å². The molecular formula is C15H16N2. The Labute approximate surface area is 102 Å². The molecule has 1 heterocycles. The maximum atomic E-state index is 6.21. The average molecular weight is 224 g/mol. The third-order valence-electron chi connectivity index (χ3n) is 2.84. The van der Waals surface area contributed by atoms with Crippen LogP contribution in [0, 0.1) is 11.8 Å². The molecule has 0 aliphatic rings. The van der Waals surface area contributed by atoms with Gasteiger partial charge in [0, 0.05) is 24.0 Å². The van der Waals surface area contributed by atoms with Crippen molar-refractivity contribution >= 4 is 10.9 Å². The summed E-state index contributed by atoms with van der Waals surface area (Å²) < 4.78 is 0. The van der Waals surface area contributed by atoms with Gasteiger partial charge in [-0.3, -0.25) is 4.98 Å². The Morgan fingerprint density at radius 2 is 2.12 bits per heavy atom. The fourth-order valence-electron chi connectivity index (χ4n) is 1.95. The lowest BCUT2D eigenvalue weighted by molar-refractivity contribution is 0.672. The van der Waals surface area contributed by atoms with Crippen molar-refractivity contribution in [3.05, 3.63) is 42.1 Å². The molecule has 2 rings (SSSR count). The summed E-state index contributed by atoms with van der Waals surface area (Å²) in [5, 5.41) is 1.15. The van der Waals surface area contributed by atoms with E-state index in [2.05, 4.69) is 22.9 Å². The van der Waals surface area contributed by atoms with E-state index in [0.717, 1.165) is 29.3 Å². The quantitative estimate of drug-likeness (QED) is 0.814. The van der Waals surface area contributed by atoms with Crippen LogP contribution in [0.25, 0.3) is 10.9 Å². The molecule has 0 amide bonds. The van der Waals surface area contributed by atoms with E-state index in [1.54, 1.807) is 0 Å². The highest BCUT2D eigenvalue weighted by atomic mass is 14.7. The van der Waals surface area contributed by atoms with E-state index in [9.17, 15) is 0 Å². The molecule has 0 aliphatic carbocycles. The Morgan fingerprint density at radius 1 is 1.29 bits per heavy atom. The lowest BCUT2D eigenvalue weighted by Crippen LogP contribution is -2.10. The molecule has 2 nitrogen and oxygen atoms in total. The summed E-state index contributed by atoms with van der Waals surface area (Å²) in [6, 6.07) is 10.1. The van der Waals surface area contributed by atoms with Gasteiger partial charge in [0.25, 0.3) is 0 Å². The molecule has 0 spiro atoms. The summed E-state index contributed by atoms with van der Waals surface area (Å²) in [4.78, 5) is 4.34. The third kappa shape index (κ3) is 2.64. The zero-order valence-corrected chi connectivity index (χ0v) is 9.98. The Balaban J connectivity index is 2.30. The van der Waals surface area contributed by atoms with Gasteiger partial charge in [0.05, 0.1) is 5.52 Å². The highest BCUT2D eigenvalue weighted by molar-refractivity contribution is 5.82. The fraction of sp³-hybridized carbons (Fsp3) is 0.267. The van der Waals surface area contributed by atoms with Crippen LogP contribution in [0.4, 0.5) is 0 Å². The number of rotatable bonds is 3. The Morgan fingerprint density at radius 3 is 2.94 bits per heavy atom. The summed E-state index contributed by atoms with van der Waals surface area (Å²) in [7, 11) is 0. The molecule has 1 aromatic heterocycles. The van der Waals surface area contributed by atoms with Crippen LogP contribution in [-0.4, -0.2) is 4.98 Å². The molecule has 1 atom stereocenters. The molecule has 0 saturated heterocycles. The predicted molar refractivity (Wildman–Crippen MR) is 71.4 cm³/mol. The molecule has 17 heavy (non-hydrogen) atoms. The minimum absolute atomic E-state index is 0.0312. The molecule has 2 N–H and O–H groups in total. The summed E-state index contributed by atoms with van der Waals surface area (Å²) in [6.45, 7) is 1.85. The predicted octanol–water partition coefficient (Wildman–Crippen LogP) is 3.04. The first kappa shape index (κ1) is 11.6. The van der Waals surface area contributed by atoms with E-state index in [1.807, 2.05) is 37.4 Å². The van der Waals surface area contributed by atoms with Crippen LogP contribution in [0.3, 0.4) is 0 Å². The smallest absolute Gasteiger partial charge is 0.0705 e. The topological polar surface area (TPSA) is 38.9 Å². The van der Waals surface area contributed by atoms with Gasteiger partial charge >= 0.3 is 0 Å². The second kappa shape index (κ2) is 5.47. The molecule has 86 valence electrons. The maximum Gasteiger partial charge on any atom is 0.0705 e. The standard InChI is InChI=1S/C15H16N2/c1-2-3-4-8-14(16)12-10-11-17-15-9-6-5-7-13(12)15/h5-7,9-11,14H,4,8,16H2,1H3. The monoisotopic (exact) mass is 224 g/mol. The van der Waals surface area contributed by atoms with Crippen molar-refractivity contribution in [1.82, 2.24) is 4.98 Å². The minimum Gasteiger partial charge on any atom is -0.324 e. The third-order valence-corrected chi connectivity index (χ3v) is 2.84. The number of hydrogen-bond donors (Lipinski definition) is 1. The van der Waals surface area contributed by atoms with Crippen LogP contribution < -0.4 is 5.73 Å². The van der Waals surface area contributed by atoms with Crippen molar-refractivity contribution < 1.29 is 0 Å². The molecule has 2 heteroatoms. The van der Waals surface area contributed by atoms with Crippen LogP contribution >= 0.6 is 0 Å². The SMILES string of the molecule is CC#CCCC(N)c1ccnc2ccccc12. The zero-order chi connectivity index (χ0) is 12.1. The van der Waals surface area contributed by atoms with Crippen molar-refractivity contribution in [2.45, 2.75) is 25.8 Å². The van der Waals surface area contributed by atoms with Gasteiger partial charge in [0.1, 0.15) is 0 Å².